The fourth-order valence-electron chi connectivity index (χ4n) is 2.56. The van der Waals surface area contributed by atoms with E-state index in [1.165, 1.54) is 19.3 Å². The van der Waals surface area contributed by atoms with Crippen molar-refractivity contribution in [2.75, 3.05) is 6.61 Å². The zero-order chi connectivity index (χ0) is 13.0. The predicted octanol–water partition coefficient (Wildman–Crippen LogP) is 3.45. The summed E-state index contributed by atoms with van der Waals surface area (Å²) < 4.78 is 19.1. The Balaban J connectivity index is 1.88. The van der Waals surface area contributed by atoms with Gasteiger partial charge in [0.05, 0.1) is 6.10 Å². The SMILES string of the molecule is Cc1cccc(OCC(O)C2CCCCC2)c1F. The molecular weight excluding hydrogens is 231 g/mol. The number of aryl methyl sites for hydroxylation is 1. The van der Waals surface area contributed by atoms with Gasteiger partial charge in [-0.3, -0.25) is 0 Å². The lowest BCUT2D eigenvalue weighted by molar-refractivity contribution is 0.0401. The number of hydrogen-bond donors (Lipinski definition) is 1. The molecule has 0 bridgehead atoms. The number of aliphatic hydroxyl groups excluding tert-OH is 1. The van der Waals surface area contributed by atoms with Crippen LogP contribution in [0.15, 0.2) is 18.2 Å². The van der Waals surface area contributed by atoms with Gasteiger partial charge in [0.15, 0.2) is 11.6 Å². The Morgan fingerprint density at radius 2 is 2.06 bits per heavy atom. The van der Waals surface area contributed by atoms with Crippen LogP contribution in [-0.4, -0.2) is 17.8 Å². The third-order valence-corrected chi connectivity index (χ3v) is 3.76. The monoisotopic (exact) mass is 252 g/mol. The summed E-state index contributed by atoms with van der Waals surface area (Å²) in [5.74, 6) is 0.227. The van der Waals surface area contributed by atoms with Gasteiger partial charge in [-0.2, -0.15) is 0 Å². The van der Waals surface area contributed by atoms with E-state index in [1.807, 2.05) is 0 Å². The molecule has 1 aliphatic rings. The van der Waals surface area contributed by atoms with E-state index in [-0.39, 0.29) is 18.2 Å². The smallest absolute Gasteiger partial charge is 0.167 e. The first-order chi connectivity index (χ1) is 8.68. The fraction of sp³-hybridized carbons (Fsp3) is 0.600. The number of benzene rings is 1. The van der Waals surface area contributed by atoms with Crippen molar-refractivity contribution in [3.05, 3.63) is 29.6 Å². The first kappa shape index (κ1) is 13.3. The van der Waals surface area contributed by atoms with Crippen molar-refractivity contribution < 1.29 is 14.2 Å². The standard InChI is InChI=1S/C15H21FO2/c1-11-6-5-9-14(15(11)16)18-10-13(17)12-7-3-2-4-8-12/h5-6,9,12-13,17H,2-4,7-8,10H2,1H3. The zero-order valence-electron chi connectivity index (χ0n) is 10.9. The van der Waals surface area contributed by atoms with Crippen LogP contribution in [0.2, 0.25) is 0 Å². The summed E-state index contributed by atoms with van der Waals surface area (Å²) in [6.07, 6.45) is 5.25. The van der Waals surface area contributed by atoms with Crippen LogP contribution < -0.4 is 4.74 Å². The molecule has 1 aliphatic carbocycles. The Kier molecular flexibility index (Phi) is 4.59. The van der Waals surface area contributed by atoms with E-state index in [4.69, 9.17) is 4.74 Å². The van der Waals surface area contributed by atoms with Gasteiger partial charge in [0.25, 0.3) is 0 Å². The number of rotatable bonds is 4. The lowest BCUT2D eigenvalue weighted by atomic mass is 9.85. The maximum absolute atomic E-state index is 13.7. The van der Waals surface area contributed by atoms with Gasteiger partial charge in [0, 0.05) is 0 Å². The van der Waals surface area contributed by atoms with Crippen LogP contribution in [0.5, 0.6) is 5.75 Å². The average Bonchev–Trinajstić information content (AvgIpc) is 2.41. The maximum Gasteiger partial charge on any atom is 0.167 e. The molecule has 3 heteroatoms. The molecule has 18 heavy (non-hydrogen) atoms. The van der Waals surface area contributed by atoms with Gasteiger partial charge in [0.1, 0.15) is 6.61 Å². The molecule has 0 amide bonds. The average molecular weight is 252 g/mol. The highest BCUT2D eigenvalue weighted by Crippen LogP contribution is 2.27. The fourth-order valence-corrected chi connectivity index (χ4v) is 2.56. The van der Waals surface area contributed by atoms with Crippen LogP contribution in [0.25, 0.3) is 0 Å². The van der Waals surface area contributed by atoms with Crippen LogP contribution in [0.3, 0.4) is 0 Å². The number of halogens is 1. The van der Waals surface area contributed by atoms with Crippen molar-refractivity contribution in [3.63, 3.8) is 0 Å². The summed E-state index contributed by atoms with van der Waals surface area (Å²) in [6, 6.07) is 5.08. The molecule has 100 valence electrons. The van der Waals surface area contributed by atoms with Crippen molar-refractivity contribution in [1.29, 1.82) is 0 Å². The molecular formula is C15H21FO2. The minimum Gasteiger partial charge on any atom is -0.488 e. The first-order valence-electron chi connectivity index (χ1n) is 6.74. The normalized spacial score (nSPS) is 18.6. The van der Waals surface area contributed by atoms with Gasteiger partial charge < -0.3 is 9.84 Å². The van der Waals surface area contributed by atoms with Gasteiger partial charge in [-0.1, -0.05) is 31.4 Å². The van der Waals surface area contributed by atoms with Gasteiger partial charge in [0.2, 0.25) is 0 Å². The number of ether oxygens (including phenoxy) is 1. The van der Waals surface area contributed by atoms with Crippen LogP contribution in [0.4, 0.5) is 4.39 Å². The molecule has 0 spiro atoms. The van der Waals surface area contributed by atoms with Gasteiger partial charge in [-0.05, 0) is 37.3 Å². The summed E-state index contributed by atoms with van der Waals surface area (Å²) in [4.78, 5) is 0. The minimum absolute atomic E-state index is 0.186. The van der Waals surface area contributed by atoms with Crippen molar-refractivity contribution in [2.45, 2.75) is 45.1 Å². The second-order valence-corrected chi connectivity index (χ2v) is 5.16. The lowest BCUT2D eigenvalue weighted by Gasteiger charge is -2.26. The Bertz CT molecular complexity index is 386. The number of aliphatic hydroxyl groups is 1. The molecule has 0 saturated heterocycles. The minimum atomic E-state index is -0.481. The van der Waals surface area contributed by atoms with Crippen molar-refractivity contribution in [1.82, 2.24) is 0 Å². The molecule has 1 aromatic rings. The molecule has 1 fully saturated rings. The van der Waals surface area contributed by atoms with Gasteiger partial charge in [-0.25, -0.2) is 4.39 Å². The quantitative estimate of drug-likeness (QED) is 0.889. The van der Waals surface area contributed by atoms with E-state index in [0.717, 1.165) is 12.8 Å². The molecule has 0 aliphatic heterocycles. The van der Waals surface area contributed by atoms with Crippen molar-refractivity contribution >= 4 is 0 Å². The second kappa shape index (κ2) is 6.19. The van der Waals surface area contributed by atoms with Crippen molar-refractivity contribution in [2.24, 2.45) is 5.92 Å². The van der Waals surface area contributed by atoms with Gasteiger partial charge >= 0.3 is 0 Å². The summed E-state index contributed by atoms with van der Waals surface area (Å²) in [5.41, 5.74) is 0.569. The maximum atomic E-state index is 13.7. The van der Waals surface area contributed by atoms with Crippen LogP contribution in [0.1, 0.15) is 37.7 Å². The van der Waals surface area contributed by atoms with E-state index < -0.39 is 6.10 Å². The summed E-state index contributed by atoms with van der Waals surface area (Å²) in [5, 5.41) is 10.0. The highest BCUT2D eigenvalue weighted by molar-refractivity contribution is 5.30. The molecule has 0 heterocycles. The molecule has 1 unspecified atom stereocenters. The number of hydrogen-bond acceptors (Lipinski definition) is 2. The van der Waals surface area contributed by atoms with E-state index >= 15 is 0 Å². The van der Waals surface area contributed by atoms with E-state index in [9.17, 15) is 9.50 Å². The highest BCUT2D eigenvalue weighted by atomic mass is 19.1. The molecule has 1 N–H and O–H groups in total. The lowest BCUT2D eigenvalue weighted by Crippen LogP contribution is -2.29. The molecule has 0 radical (unpaired) electrons. The largest absolute Gasteiger partial charge is 0.488 e. The highest BCUT2D eigenvalue weighted by Gasteiger charge is 2.22. The Morgan fingerprint density at radius 1 is 1.33 bits per heavy atom. The van der Waals surface area contributed by atoms with E-state index in [2.05, 4.69) is 0 Å². The van der Waals surface area contributed by atoms with Crippen LogP contribution in [-0.2, 0) is 0 Å². The molecule has 1 atom stereocenters. The first-order valence-corrected chi connectivity index (χ1v) is 6.74. The third kappa shape index (κ3) is 3.22. The van der Waals surface area contributed by atoms with Crippen molar-refractivity contribution in [3.8, 4) is 5.75 Å². The summed E-state index contributed by atoms with van der Waals surface area (Å²) in [7, 11) is 0. The molecule has 1 saturated carbocycles. The molecule has 0 aromatic heterocycles. The van der Waals surface area contributed by atoms with E-state index in [0.29, 0.717) is 11.5 Å². The predicted molar refractivity (Wildman–Crippen MR) is 69.2 cm³/mol. The van der Waals surface area contributed by atoms with Gasteiger partial charge in [-0.15, -0.1) is 0 Å². The van der Waals surface area contributed by atoms with E-state index in [1.54, 1.807) is 25.1 Å². The Morgan fingerprint density at radius 3 is 2.78 bits per heavy atom. The summed E-state index contributed by atoms with van der Waals surface area (Å²) >= 11 is 0. The summed E-state index contributed by atoms with van der Waals surface area (Å²) in [6.45, 7) is 1.89. The van der Waals surface area contributed by atoms with Crippen LogP contribution in [0, 0.1) is 18.7 Å². The zero-order valence-corrected chi connectivity index (χ0v) is 10.9. The van der Waals surface area contributed by atoms with Crippen LogP contribution >= 0.6 is 0 Å². The third-order valence-electron chi connectivity index (χ3n) is 3.76. The topological polar surface area (TPSA) is 29.5 Å². The Labute approximate surface area is 108 Å². The molecule has 2 rings (SSSR count). The Hall–Kier alpha value is -1.09. The molecule has 2 nitrogen and oxygen atoms in total. The molecule has 1 aromatic carbocycles. The second-order valence-electron chi connectivity index (χ2n) is 5.16.